The number of primary amides is 1. The highest BCUT2D eigenvalue weighted by molar-refractivity contribution is 9.10. The van der Waals surface area contributed by atoms with Gasteiger partial charge in [0.05, 0.1) is 12.1 Å². The fourth-order valence-corrected chi connectivity index (χ4v) is 3.98. The first-order valence-electron chi connectivity index (χ1n) is 10.2. The zero-order valence-corrected chi connectivity index (χ0v) is 19.6. The molecule has 3 aromatic heterocycles. The number of nitrogens with zero attached hydrogens (tertiary/aromatic N) is 6. The first-order chi connectivity index (χ1) is 16.2. The van der Waals surface area contributed by atoms with Crippen LogP contribution in [0.4, 0.5) is 10.2 Å². The fraction of sp³-hybridized carbons (Fsp3) is 0.286. The Morgan fingerprint density at radius 2 is 2.00 bits per heavy atom. The van der Waals surface area contributed by atoms with Crippen LogP contribution in [0.25, 0.3) is 11.3 Å². The lowest BCUT2D eigenvalue weighted by molar-refractivity contribution is -0.137. The summed E-state index contributed by atoms with van der Waals surface area (Å²) in [5.41, 5.74) is 6.23. The van der Waals surface area contributed by atoms with Gasteiger partial charge in [-0.2, -0.15) is 5.10 Å². The second-order valence-corrected chi connectivity index (χ2v) is 8.51. The molecule has 4 heterocycles. The van der Waals surface area contributed by atoms with Crippen LogP contribution in [0.1, 0.15) is 22.6 Å². The van der Waals surface area contributed by atoms with Crippen LogP contribution in [0, 0.1) is 6.92 Å². The van der Waals surface area contributed by atoms with Gasteiger partial charge in [0.2, 0.25) is 11.8 Å². The summed E-state index contributed by atoms with van der Waals surface area (Å²) in [4.78, 5) is 51.2. The number of halogens is 2. The van der Waals surface area contributed by atoms with E-state index in [2.05, 4.69) is 41.3 Å². The molecule has 0 saturated carbocycles. The number of aromatic nitrogens is 5. The molecule has 0 spiro atoms. The zero-order valence-electron chi connectivity index (χ0n) is 18.0. The molecule has 0 radical (unpaired) electrons. The summed E-state index contributed by atoms with van der Waals surface area (Å²) in [5.74, 6) is -1.01. The van der Waals surface area contributed by atoms with E-state index in [9.17, 15) is 18.8 Å². The number of anilines is 1. The van der Waals surface area contributed by atoms with Crippen molar-refractivity contribution < 1.29 is 18.8 Å². The fourth-order valence-electron chi connectivity index (χ4n) is 3.64. The van der Waals surface area contributed by atoms with Gasteiger partial charge in [0.15, 0.2) is 0 Å². The summed E-state index contributed by atoms with van der Waals surface area (Å²) in [6.07, 6.45) is 2.83. The number of pyridine rings is 1. The second kappa shape index (κ2) is 9.63. The topological polar surface area (TPSA) is 149 Å². The molecule has 2 atom stereocenters. The van der Waals surface area contributed by atoms with Crippen molar-refractivity contribution in [2.75, 3.05) is 11.9 Å². The van der Waals surface area contributed by atoms with Crippen molar-refractivity contribution in [3.8, 4) is 11.3 Å². The van der Waals surface area contributed by atoms with Crippen LogP contribution in [-0.4, -0.2) is 66.1 Å². The SMILES string of the molecule is Cc1ncc(-c2nn(CC(=O)N3C[C@H](F)C[C@H]3C(=O)Nc3cccc(Br)n3)cc2C(N)=O)cn1. The molecule has 3 N–H and O–H groups in total. The maximum Gasteiger partial charge on any atom is 0.252 e. The maximum absolute atomic E-state index is 14.2. The number of nitrogens with one attached hydrogen (secondary N) is 1. The number of nitrogens with two attached hydrogens (primary N) is 1. The molecular weight excluding hydrogens is 511 g/mol. The lowest BCUT2D eigenvalue weighted by atomic mass is 10.1. The Hall–Kier alpha value is -3.74. The quantitative estimate of drug-likeness (QED) is 0.458. The van der Waals surface area contributed by atoms with Crippen LogP contribution < -0.4 is 11.1 Å². The molecular formula is C21H20BrFN8O3. The molecule has 1 fully saturated rings. The first kappa shape index (κ1) is 23.4. The minimum absolute atomic E-state index is 0.0834. The van der Waals surface area contributed by atoms with Crippen molar-refractivity contribution in [3.63, 3.8) is 0 Å². The van der Waals surface area contributed by atoms with E-state index in [1.54, 1.807) is 25.1 Å². The Balaban J connectivity index is 1.52. The number of rotatable bonds is 6. The third kappa shape index (κ3) is 5.09. The molecule has 11 nitrogen and oxygen atoms in total. The van der Waals surface area contributed by atoms with E-state index in [4.69, 9.17) is 5.73 Å². The number of carbonyl (C=O) groups excluding carboxylic acids is 3. The summed E-state index contributed by atoms with van der Waals surface area (Å²) in [6.45, 7) is 1.16. The number of carbonyl (C=O) groups is 3. The molecule has 0 bridgehead atoms. The molecule has 3 amide bonds. The molecule has 13 heteroatoms. The minimum Gasteiger partial charge on any atom is -0.365 e. The normalized spacial score (nSPS) is 17.6. The van der Waals surface area contributed by atoms with E-state index in [0.717, 1.165) is 4.90 Å². The van der Waals surface area contributed by atoms with Gasteiger partial charge in [-0.3, -0.25) is 19.1 Å². The van der Waals surface area contributed by atoms with Gasteiger partial charge in [-0.1, -0.05) is 6.07 Å². The van der Waals surface area contributed by atoms with Gasteiger partial charge in [-0.25, -0.2) is 19.3 Å². The lowest BCUT2D eigenvalue weighted by Gasteiger charge is -2.23. The number of aryl methyl sites for hydroxylation is 1. The molecule has 1 aliphatic heterocycles. The van der Waals surface area contributed by atoms with Crippen LogP contribution in [-0.2, 0) is 16.1 Å². The van der Waals surface area contributed by atoms with E-state index in [0.29, 0.717) is 16.0 Å². The van der Waals surface area contributed by atoms with Gasteiger partial charge in [0.25, 0.3) is 5.91 Å². The Morgan fingerprint density at radius 1 is 1.26 bits per heavy atom. The highest BCUT2D eigenvalue weighted by Gasteiger charge is 2.40. The van der Waals surface area contributed by atoms with E-state index in [-0.39, 0.29) is 36.6 Å². The van der Waals surface area contributed by atoms with Gasteiger partial charge in [0.1, 0.15) is 40.7 Å². The lowest BCUT2D eigenvalue weighted by Crippen LogP contribution is -2.44. The Bertz CT molecular complexity index is 1250. The van der Waals surface area contributed by atoms with E-state index in [1.807, 2.05) is 0 Å². The molecule has 1 aliphatic rings. The number of amides is 3. The highest BCUT2D eigenvalue weighted by atomic mass is 79.9. The molecule has 0 unspecified atom stereocenters. The monoisotopic (exact) mass is 530 g/mol. The molecule has 0 aromatic carbocycles. The van der Waals surface area contributed by atoms with Crippen LogP contribution in [0.15, 0.2) is 41.4 Å². The third-order valence-electron chi connectivity index (χ3n) is 5.22. The van der Waals surface area contributed by atoms with E-state index in [1.165, 1.54) is 23.3 Å². The Morgan fingerprint density at radius 3 is 2.68 bits per heavy atom. The van der Waals surface area contributed by atoms with E-state index < -0.39 is 29.9 Å². The van der Waals surface area contributed by atoms with Gasteiger partial charge < -0.3 is 16.0 Å². The largest absolute Gasteiger partial charge is 0.365 e. The number of hydrogen-bond acceptors (Lipinski definition) is 7. The second-order valence-electron chi connectivity index (χ2n) is 7.70. The average molecular weight is 531 g/mol. The van der Waals surface area contributed by atoms with Gasteiger partial charge >= 0.3 is 0 Å². The van der Waals surface area contributed by atoms with Crippen LogP contribution in [0.5, 0.6) is 0 Å². The van der Waals surface area contributed by atoms with Crippen LogP contribution in [0.2, 0.25) is 0 Å². The van der Waals surface area contributed by atoms with Gasteiger partial charge in [0, 0.05) is 30.6 Å². The molecule has 3 aromatic rings. The van der Waals surface area contributed by atoms with Crippen molar-refractivity contribution in [1.29, 1.82) is 0 Å². The summed E-state index contributed by atoms with van der Waals surface area (Å²) >= 11 is 3.22. The summed E-state index contributed by atoms with van der Waals surface area (Å²) in [5, 5.41) is 6.90. The first-order valence-corrected chi connectivity index (χ1v) is 11.0. The minimum atomic E-state index is -1.35. The summed E-state index contributed by atoms with van der Waals surface area (Å²) in [6, 6.07) is 3.95. The third-order valence-corrected chi connectivity index (χ3v) is 5.66. The summed E-state index contributed by atoms with van der Waals surface area (Å²) in [7, 11) is 0. The number of hydrogen-bond donors (Lipinski definition) is 2. The molecule has 34 heavy (non-hydrogen) atoms. The predicted octanol–water partition coefficient (Wildman–Crippen LogP) is 1.48. The van der Waals surface area contributed by atoms with Crippen molar-refractivity contribution in [2.24, 2.45) is 5.73 Å². The maximum atomic E-state index is 14.2. The Kier molecular flexibility index (Phi) is 6.63. The predicted molar refractivity (Wildman–Crippen MR) is 122 cm³/mol. The Labute approximate surface area is 201 Å². The van der Waals surface area contributed by atoms with Crippen molar-refractivity contribution in [3.05, 3.63) is 52.8 Å². The average Bonchev–Trinajstić information content (AvgIpc) is 3.38. The van der Waals surface area contributed by atoms with E-state index >= 15 is 0 Å². The molecule has 0 aliphatic carbocycles. The molecule has 1 saturated heterocycles. The van der Waals surface area contributed by atoms with Crippen LogP contribution >= 0.6 is 15.9 Å². The van der Waals surface area contributed by atoms with Crippen LogP contribution in [0.3, 0.4) is 0 Å². The molecule has 4 rings (SSSR count). The van der Waals surface area contributed by atoms with Gasteiger partial charge in [-0.05, 0) is 35.0 Å². The smallest absolute Gasteiger partial charge is 0.252 e. The zero-order chi connectivity index (χ0) is 24.4. The summed E-state index contributed by atoms with van der Waals surface area (Å²) < 4.78 is 16.0. The number of likely N-dealkylation sites (tertiary alicyclic amines) is 1. The molecule has 176 valence electrons. The standard InChI is InChI=1S/C21H20BrFN8O3/c1-11-25-6-12(7-26-11)19-14(20(24)33)9-30(29-19)10-18(32)31-8-13(23)5-15(31)21(34)28-17-4-2-3-16(22)27-17/h2-4,6-7,9,13,15H,5,8,10H2,1H3,(H2,24,33)(H,27,28,34)/t13-,15+/m1/s1. The highest BCUT2D eigenvalue weighted by Crippen LogP contribution is 2.24. The van der Waals surface area contributed by atoms with Crippen molar-refractivity contribution in [1.82, 2.24) is 29.6 Å². The van der Waals surface area contributed by atoms with Crippen molar-refractivity contribution >= 4 is 39.5 Å². The van der Waals surface area contributed by atoms with Crippen molar-refractivity contribution in [2.45, 2.75) is 32.1 Å². The van der Waals surface area contributed by atoms with Gasteiger partial charge in [-0.15, -0.1) is 0 Å². The number of alkyl halides is 1.